The maximum Gasteiger partial charge on any atom is 0.226 e. The van der Waals surface area contributed by atoms with Gasteiger partial charge in [0, 0.05) is 115 Å². The number of anilines is 2. The van der Waals surface area contributed by atoms with Crippen LogP contribution in [-0.4, -0.2) is 132 Å². The van der Waals surface area contributed by atoms with Gasteiger partial charge in [-0.2, -0.15) is 0 Å². The summed E-state index contributed by atoms with van der Waals surface area (Å²) in [5, 5.41) is 28.1. The number of aliphatic hydroxyl groups is 2. The molecule has 392 valence electrons. The number of hydrogen-bond acceptors (Lipinski definition) is 10. The molecule has 4 aliphatic heterocycles. The number of hydrogen-bond donors (Lipinski definition) is 4. The van der Waals surface area contributed by atoms with Crippen LogP contribution in [0.5, 0.6) is 11.5 Å². The first kappa shape index (κ1) is 49.6. The van der Waals surface area contributed by atoms with Gasteiger partial charge in [-0.15, -0.1) is 0 Å². The van der Waals surface area contributed by atoms with E-state index in [2.05, 4.69) is 69.0 Å². The highest BCUT2D eigenvalue weighted by Crippen LogP contribution is 2.61. The molecular formula is C58H82N6O8. The fraction of sp³-hybridized carbons (Fsp3) is 0.724. The Labute approximate surface area is 427 Å². The Morgan fingerprint density at radius 1 is 0.500 bits per heavy atom. The topological polar surface area (TPSA) is 164 Å². The molecule has 14 heteroatoms. The molecule has 4 unspecified atom stereocenters. The zero-order valence-electron chi connectivity index (χ0n) is 43.1. The lowest BCUT2D eigenvalue weighted by molar-refractivity contribution is -0.164. The summed E-state index contributed by atoms with van der Waals surface area (Å²) in [6.45, 7) is 10.0. The number of nitrogens with one attached hydrogen (secondary N) is 2. The van der Waals surface area contributed by atoms with Crippen LogP contribution in [0.1, 0.15) is 129 Å². The molecule has 0 radical (unpaired) electrons. The first-order chi connectivity index (χ1) is 34.8. The van der Waals surface area contributed by atoms with E-state index in [0.717, 1.165) is 179 Å². The van der Waals surface area contributed by atoms with Crippen molar-refractivity contribution < 1.29 is 38.9 Å². The summed E-state index contributed by atoms with van der Waals surface area (Å²) in [4.78, 5) is 58.7. The number of likely N-dealkylation sites (tertiary alicyclic amines) is 2. The number of rotatable bonds is 10. The van der Waals surface area contributed by atoms with Gasteiger partial charge in [-0.3, -0.25) is 19.2 Å². The molecule has 4 amide bonds. The normalized spacial score (nSPS) is 36.1. The molecule has 14 nitrogen and oxygen atoms in total. The lowest BCUT2D eigenvalue weighted by Gasteiger charge is -2.58. The Morgan fingerprint density at radius 3 is 1.18 bits per heavy atom. The molecule has 6 atom stereocenters. The van der Waals surface area contributed by atoms with E-state index in [9.17, 15) is 29.4 Å². The maximum absolute atomic E-state index is 13.6. The second kappa shape index (κ2) is 20.6. The summed E-state index contributed by atoms with van der Waals surface area (Å²) in [5.41, 5.74) is 1.87. The molecule has 4 N–H and O–H groups in total. The van der Waals surface area contributed by atoms with Gasteiger partial charge in [0.25, 0.3) is 0 Å². The zero-order chi connectivity index (χ0) is 49.7. The summed E-state index contributed by atoms with van der Waals surface area (Å²) in [6.07, 6.45) is 17.6. The Hall–Kier alpha value is -4.56. The van der Waals surface area contributed by atoms with Gasteiger partial charge < -0.3 is 49.9 Å². The molecule has 72 heavy (non-hydrogen) atoms. The first-order valence-electron chi connectivity index (χ1n) is 28.3. The van der Waals surface area contributed by atoms with Crippen LogP contribution in [0.2, 0.25) is 0 Å². The highest BCUT2D eigenvalue weighted by Gasteiger charge is 2.59. The minimum absolute atomic E-state index is 0.144. The quantitative estimate of drug-likeness (QED) is 0.202. The van der Waals surface area contributed by atoms with Crippen molar-refractivity contribution in [2.45, 2.75) is 166 Å². The van der Waals surface area contributed by atoms with Gasteiger partial charge in [0.1, 0.15) is 23.7 Å². The molecule has 0 spiro atoms. The summed E-state index contributed by atoms with van der Waals surface area (Å²) in [5.74, 6) is 5.11. The number of piperidine rings is 4. The van der Waals surface area contributed by atoms with Crippen LogP contribution in [0.15, 0.2) is 48.5 Å². The van der Waals surface area contributed by atoms with Crippen LogP contribution in [0, 0.1) is 46.3 Å². The second-order valence-corrected chi connectivity index (χ2v) is 24.6. The van der Waals surface area contributed by atoms with Crippen molar-refractivity contribution in [2.75, 3.05) is 62.2 Å². The number of carbonyl (C=O) groups excluding carboxylic acids is 4. The van der Waals surface area contributed by atoms with E-state index in [1.165, 1.54) is 11.4 Å². The summed E-state index contributed by atoms with van der Waals surface area (Å²) < 4.78 is 12.4. The highest BCUT2D eigenvalue weighted by molar-refractivity contribution is 5.84. The molecule has 4 saturated heterocycles. The number of ether oxygens (including phenoxy) is 2. The van der Waals surface area contributed by atoms with Gasteiger partial charge in [-0.1, -0.05) is 0 Å². The maximum atomic E-state index is 13.6. The van der Waals surface area contributed by atoms with E-state index >= 15 is 0 Å². The van der Waals surface area contributed by atoms with E-state index in [1.54, 1.807) is 13.8 Å². The van der Waals surface area contributed by atoms with E-state index in [-0.39, 0.29) is 71.0 Å². The van der Waals surface area contributed by atoms with E-state index in [0.29, 0.717) is 35.5 Å². The third-order valence-electron chi connectivity index (χ3n) is 19.7. The average molecular weight is 991 g/mol. The van der Waals surface area contributed by atoms with Crippen molar-refractivity contribution in [3.63, 3.8) is 0 Å². The van der Waals surface area contributed by atoms with Crippen LogP contribution < -0.4 is 29.9 Å². The van der Waals surface area contributed by atoms with Crippen molar-refractivity contribution in [3.8, 4) is 11.5 Å². The van der Waals surface area contributed by atoms with Crippen LogP contribution in [0.25, 0.3) is 0 Å². The van der Waals surface area contributed by atoms with Crippen molar-refractivity contribution in [1.29, 1.82) is 0 Å². The fourth-order valence-corrected chi connectivity index (χ4v) is 16.3. The monoisotopic (exact) mass is 991 g/mol. The third-order valence-corrected chi connectivity index (χ3v) is 19.7. The number of benzene rings is 2. The van der Waals surface area contributed by atoms with E-state index < -0.39 is 0 Å². The molecule has 8 aliphatic carbocycles. The average Bonchev–Trinajstić information content (AvgIpc) is 3.38. The van der Waals surface area contributed by atoms with E-state index in [1.807, 2.05) is 9.80 Å². The zero-order valence-corrected chi connectivity index (χ0v) is 43.1. The molecule has 8 saturated carbocycles. The number of amides is 4. The molecule has 4 heterocycles. The van der Waals surface area contributed by atoms with Gasteiger partial charge in [0.2, 0.25) is 23.6 Å². The Bertz CT molecular complexity index is 2070. The van der Waals surface area contributed by atoms with Crippen molar-refractivity contribution in [3.05, 3.63) is 48.5 Å². The van der Waals surface area contributed by atoms with Crippen LogP contribution >= 0.6 is 0 Å². The summed E-state index contributed by atoms with van der Waals surface area (Å²) in [7, 11) is 0. The lowest BCUT2D eigenvalue weighted by atomic mass is 9.48. The predicted octanol–water partition coefficient (Wildman–Crippen LogP) is 6.70. The second-order valence-electron chi connectivity index (χ2n) is 24.6. The Morgan fingerprint density at radius 2 is 0.847 bits per heavy atom. The molecule has 12 fully saturated rings. The smallest absolute Gasteiger partial charge is 0.226 e. The van der Waals surface area contributed by atoms with Crippen LogP contribution in [-0.2, 0) is 19.2 Å². The predicted molar refractivity (Wildman–Crippen MR) is 275 cm³/mol. The lowest BCUT2D eigenvalue weighted by Crippen LogP contribution is -2.60. The van der Waals surface area contributed by atoms with Crippen molar-refractivity contribution in [2.24, 2.45) is 46.3 Å². The number of aliphatic hydroxyl groups excluding tert-OH is 2. The molecule has 2 aromatic carbocycles. The fourth-order valence-electron chi connectivity index (χ4n) is 16.3. The van der Waals surface area contributed by atoms with E-state index in [4.69, 9.17) is 9.47 Å². The number of nitrogens with zero attached hydrogens (tertiary/aromatic N) is 4. The van der Waals surface area contributed by atoms with Crippen LogP contribution in [0.3, 0.4) is 0 Å². The summed E-state index contributed by atoms with van der Waals surface area (Å²) >= 11 is 0. The Balaban J connectivity index is 0.000000156. The van der Waals surface area contributed by atoms with Gasteiger partial charge in [-0.25, -0.2) is 0 Å². The molecular weight excluding hydrogens is 909 g/mol. The van der Waals surface area contributed by atoms with Gasteiger partial charge in [0.05, 0.1) is 23.0 Å². The van der Waals surface area contributed by atoms with Gasteiger partial charge >= 0.3 is 0 Å². The minimum atomic E-state index is -0.239. The third kappa shape index (κ3) is 10.4. The molecule has 0 aromatic heterocycles. The standard InChI is InChI=1S/2C29H41N3O4/c2*1-19(33)31-11-8-26(9-12-31)36-25-6-4-24(5-7-25)32-10-2-3-23(18-32)30-28(35)29-15-20-13-21(16-29)27(34)22(14-20)17-29/h2*4-7,20-23,26-27,34H,2-3,8-18H2,1H3,(H,30,35)/t2*20?,21?,22?,23-,27?,29?/m00/s1. The first-order valence-corrected chi connectivity index (χ1v) is 28.3. The summed E-state index contributed by atoms with van der Waals surface area (Å²) in [6, 6.07) is 17.1. The van der Waals surface area contributed by atoms with Crippen LogP contribution in [0.4, 0.5) is 11.4 Å². The number of carbonyl (C=O) groups is 4. The minimum Gasteiger partial charge on any atom is -0.490 e. The van der Waals surface area contributed by atoms with Gasteiger partial charge in [-0.05, 0) is 174 Å². The Kier molecular flexibility index (Phi) is 14.2. The van der Waals surface area contributed by atoms with Gasteiger partial charge in [0.15, 0.2) is 0 Å². The molecule has 2 aromatic rings. The highest BCUT2D eigenvalue weighted by atomic mass is 16.5. The molecule has 14 rings (SSSR count). The SMILES string of the molecule is CC(=O)N1CCC(Oc2ccc(N3CCC[C@H](NC(=O)C45CC6CC(C4)C(O)C(C6)C5)C3)cc2)CC1.CC(=O)N1CCC(Oc2ccc(N3CCC[C@H](NC(=O)C45CC6CC(C4)C(O)C(C6)C5)C3)cc2)CC1. The molecule has 8 bridgehead atoms. The van der Waals surface area contributed by atoms with Crippen molar-refractivity contribution in [1.82, 2.24) is 20.4 Å². The molecule has 12 aliphatic rings. The largest absolute Gasteiger partial charge is 0.490 e. The van der Waals surface area contributed by atoms with Crippen molar-refractivity contribution >= 4 is 35.0 Å².